The van der Waals surface area contributed by atoms with Crippen molar-refractivity contribution in [2.45, 2.75) is 44.2 Å². The molecule has 23 heavy (non-hydrogen) atoms. The molecule has 0 atom stereocenters. The third-order valence-electron chi connectivity index (χ3n) is 5.16. The van der Waals surface area contributed by atoms with Crippen molar-refractivity contribution in [3.05, 3.63) is 36.0 Å². The number of nitrogens with one attached hydrogen (secondary N) is 1. The van der Waals surface area contributed by atoms with E-state index in [1.54, 1.807) is 6.33 Å². The number of piperidine rings is 1. The van der Waals surface area contributed by atoms with Gasteiger partial charge in [0.1, 0.15) is 12.1 Å². The third-order valence-corrected chi connectivity index (χ3v) is 5.16. The highest BCUT2D eigenvalue weighted by Gasteiger charge is 2.29. The molecule has 1 saturated heterocycles. The van der Waals surface area contributed by atoms with E-state index in [9.17, 15) is 0 Å². The van der Waals surface area contributed by atoms with Crippen LogP contribution in [0.2, 0.25) is 0 Å². The molecule has 0 unspecified atom stereocenters. The second-order valence-corrected chi connectivity index (χ2v) is 6.77. The summed E-state index contributed by atoms with van der Waals surface area (Å²) in [6, 6.07) is 2.55. The Balaban J connectivity index is 1.33. The molecular weight excluding hydrogens is 288 g/mol. The Kier molecular flexibility index (Phi) is 3.99. The molecule has 0 spiro atoms. The SMILES string of the molecule is CN(c1ccncn1)C1CCN(Cc2cn[nH]c2C2CC2)CC1. The fourth-order valence-corrected chi connectivity index (χ4v) is 3.56. The van der Waals surface area contributed by atoms with E-state index < -0.39 is 0 Å². The van der Waals surface area contributed by atoms with Gasteiger partial charge in [-0.2, -0.15) is 5.10 Å². The van der Waals surface area contributed by atoms with Crippen LogP contribution in [0.25, 0.3) is 0 Å². The van der Waals surface area contributed by atoms with Crippen LogP contribution in [0.4, 0.5) is 5.82 Å². The van der Waals surface area contributed by atoms with Gasteiger partial charge in [0.25, 0.3) is 0 Å². The van der Waals surface area contributed by atoms with E-state index in [0.717, 1.165) is 31.4 Å². The minimum absolute atomic E-state index is 0.563. The van der Waals surface area contributed by atoms with Gasteiger partial charge in [-0.1, -0.05) is 0 Å². The van der Waals surface area contributed by atoms with Crippen molar-refractivity contribution >= 4 is 5.82 Å². The van der Waals surface area contributed by atoms with E-state index in [0.29, 0.717) is 6.04 Å². The zero-order valence-electron chi connectivity index (χ0n) is 13.6. The largest absolute Gasteiger partial charge is 0.356 e. The number of H-pyrrole nitrogens is 1. The van der Waals surface area contributed by atoms with Crippen LogP contribution in [-0.2, 0) is 6.54 Å². The summed E-state index contributed by atoms with van der Waals surface area (Å²) in [6.07, 6.45) is 10.5. The van der Waals surface area contributed by atoms with Crippen molar-refractivity contribution < 1.29 is 0 Å². The minimum Gasteiger partial charge on any atom is -0.356 e. The summed E-state index contributed by atoms with van der Waals surface area (Å²) < 4.78 is 0. The highest BCUT2D eigenvalue weighted by Crippen LogP contribution is 2.40. The highest BCUT2D eigenvalue weighted by atomic mass is 15.2. The topological polar surface area (TPSA) is 60.9 Å². The predicted octanol–water partition coefficient (Wildman–Crippen LogP) is 2.18. The number of hydrogen-bond acceptors (Lipinski definition) is 5. The molecule has 6 nitrogen and oxygen atoms in total. The van der Waals surface area contributed by atoms with Gasteiger partial charge in [-0.15, -0.1) is 0 Å². The lowest BCUT2D eigenvalue weighted by Crippen LogP contribution is -2.43. The van der Waals surface area contributed by atoms with Crippen LogP contribution in [0, 0.1) is 0 Å². The normalized spacial score (nSPS) is 19.9. The summed E-state index contributed by atoms with van der Waals surface area (Å²) in [6.45, 7) is 3.30. The van der Waals surface area contributed by atoms with Crippen molar-refractivity contribution in [3.63, 3.8) is 0 Å². The minimum atomic E-state index is 0.563. The second kappa shape index (κ2) is 6.28. The summed E-state index contributed by atoms with van der Waals surface area (Å²) in [5.74, 6) is 1.76. The summed E-state index contributed by atoms with van der Waals surface area (Å²) in [5, 5.41) is 7.46. The molecule has 2 aliphatic rings. The lowest BCUT2D eigenvalue weighted by Gasteiger charge is -2.37. The Morgan fingerprint density at radius 3 is 2.78 bits per heavy atom. The molecule has 4 rings (SSSR count). The average molecular weight is 312 g/mol. The maximum atomic E-state index is 4.36. The first kappa shape index (κ1) is 14.6. The number of anilines is 1. The van der Waals surface area contributed by atoms with E-state index in [2.05, 4.69) is 37.0 Å². The van der Waals surface area contributed by atoms with Crippen LogP contribution >= 0.6 is 0 Å². The smallest absolute Gasteiger partial charge is 0.131 e. The van der Waals surface area contributed by atoms with Crippen LogP contribution in [-0.4, -0.2) is 51.2 Å². The summed E-state index contributed by atoms with van der Waals surface area (Å²) >= 11 is 0. The number of hydrogen-bond donors (Lipinski definition) is 1. The van der Waals surface area contributed by atoms with E-state index >= 15 is 0 Å². The maximum absolute atomic E-state index is 4.36. The van der Waals surface area contributed by atoms with Crippen LogP contribution < -0.4 is 4.90 Å². The van der Waals surface area contributed by atoms with Crippen molar-refractivity contribution in [3.8, 4) is 0 Å². The van der Waals surface area contributed by atoms with Gasteiger partial charge in [0.2, 0.25) is 0 Å². The van der Waals surface area contributed by atoms with Crippen LogP contribution in [0.3, 0.4) is 0 Å². The molecule has 3 heterocycles. The van der Waals surface area contributed by atoms with E-state index in [1.807, 2.05) is 18.5 Å². The Morgan fingerprint density at radius 2 is 2.09 bits per heavy atom. The molecule has 122 valence electrons. The van der Waals surface area contributed by atoms with E-state index in [1.165, 1.54) is 36.9 Å². The van der Waals surface area contributed by atoms with Gasteiger partial charge in [-0.25, -0.2) is 9.97 Å². The summed E-state index contributed by atoms with van der Waals surface area (Å²) in [5.41, 5.74) is 2.78. The van der Waals surface area contributed by atoms with Crippen LogP contribution in [0.5, 0.6) is 0 Å². The first-order valence-corrected chi connectivity index (χ1v) is 8.54. The van der Waals surface area contributed by atoms with E-state index in [4.69, 9.17) is 0 Å². The summed E-state index contributed by atoms with van der Waals surface area (Å²) in [7, 11) is 2.14. The number of nitrogens with zero attached hydrogens (tertiary/aromatic N) is 5. The Bertz CT molecular complexity index is 628. The average Bonchev–Trinajstić information content (AvgIpc) is 3.35. The molecule has 0 bridgehead atoms. The van der Waals surface area contributed by atoms with Gasteiger partial charge >= 0.3 is 0 Å². The molecule has 1 aliphatic heterocycles. The first-order valence-electron chi connectivity index (χ1n) is 8.54. The predicted molar refractivity (Wildman–Crippen MR) is 89.3 cm³/mol. The van der Waals surface area contributed by atoms with Gasteiger partial charge in [0, 0.05) is 56.1 Å². The second-order valence-electron chi connectivity index (χ2n) is 6.77. The standard InChI is InChI=1S/C17H24N6/c1-22(16-4-7-18-12-19-16)15-5-8-23(9-6-15)11-14-10-20-21-17(14)13-2-3-13/h4,7,10,12-13,15H,2-3,5-6,8-9,11H2,1H3,(H,20,21). The third kappa shape index (κ3) is 3.22. The fraction of sp³-hybridized carbons (Fsp3) is 0.588. The molecule has 0 amide bonds. The monoisotopic (exact) mass is 312 g/mol. The molecule has 2 fully saturated rings. The van der Waals surface area contributed by atoms with Gasteiger partial charge < -0.3 is 4.90 Å². The molecule has 0 aromatic carbocycles. The number of likely N-dealkylation sites (tertiary alicyclic amines) is 1. The number of rotatable bonds is 5. The number of aromatic nitrogens is 4. The lowest BCUT2D eigenvalue weighted by atomic mass is 10.0. The highest BCUT2D eigenvalue weighted by molar-refractivity contribution is 5.36. The van der Waals surface area contributed by atoms with Crippen LogP contribution in [0.15, 0.2) is 24.8 Å². The zero-order valence-corrected chi connectivity index (χ0v) is 13.6. The summed E-state index contributed by atoms with van der Waals surface area (Å²) in [4.78, 5) is 13.2. The van der Waals surface area contributed by atoms with Gasteiger partial charge in [0.05, 0.1) is 6.20 Å². The molecule has 2 aromatic heterocycles. The Hall–Kier alpha value is -1.95. The van der Waals surface area contributed by atoms with Crippen LogP contribution in [0.1, 0.15) is 42.9 Å². The Labute approximate surface area is 136 Å². The fourth-order valence-electron chi connectivity index (χ4n) is 3.56. The van der Waals surface area contributed by atoms with E-state index in [-0.39, 0.29) is 0 Å². The molecular formula is C17H24N6. The van der Waals surface area contributed by atoms with Crippen molar-refractivity contribution in [2.24, 2.45) is 0 Å². The van der Waals surface area contributed by atoms with Gasteiger partial charge in [-0.3, -0.25) is 10.00 Å². The Morgan fingerprint density at radius 1 is 1.26 bits per heavy atom. The zero-order chi connectivity index (χ0) is 15.6. The molecule has 1 N–H and O–H groups in total. The molecule has 0 radical (unpaired) electrons. The van der Waals surface area contributed by atoms with Crippen molar-refractivity contribution in [1.29, 1.82) is 0 Å². The number of aromatic amines is 1. The molecule has 2 aromatic rings. The quantitative estimate of drug-likeness (QED) is 0.917. The first-order chi connectivity index (χ1) is 11.3. The molecule has 1 saturated carbocycles. The molecule has 1 aliphatic carbocycles. The van der Waals surface area contributed by atoms with Gasteiger partial charge in [-0.05, 0) is 31.7 Å². The molecule has 6 heteroatoms. The van der Waals surface area contributed by atoms with Crippen molar-refractivity contribution in [2.75, 3.05) is 25.0 Å². The lowest BCUT2D eigenvalue weighted by molar-refractivity contribution is 0.202. The maximum Gasteiger partial charge on any atom is 0.131 e. The van der Waals surface area contributed by atoms with Crippen molar-refractivity contribution in [1.82, 2.24) is 25.1 Å². The van der Waals surface area contributed by atoms with Gasteiger partial charge in [0.15, 0.2) is 0 Å².